The van der Waals surface area contributed by atoms with Gasteiger partial charge in [-0.15, -0.1) is 0 Å². The lowest BCUT2D eigenvalue weighted by Crippen LogP contribution is -2.49. The molecule has 2 heterocycles. The summed E-state index contributed by atoms with van der Waals surface area (Å²) in [4.78, 5) is 14.2. The van der Waals surface area contributed by atoms with E-state index in [1.165, 1.54) is 0 Å². The Hall–Kier alpha value is -1.91. The van der Waals surface area contributed by atoms with E-state index in [1.807, 2.05) is 19.2 Å². The summed E-state index contributed by atoms with van der Waals surface area (Å²) in [6.07, 6.45) is 5.51. The number of carbonyl (C=O) groups is 1. The quantitative estimate of drug-likeness (QED) is 0.692. The van der Waals surface area contributed by atoms with E-state index in [2.05, 4.69) is 19.2 Å². The van der Waals surface area contributed by atoms with Crippen LogP contribution in [-0.2, 0) is 9.53 Å². The van der Waals surface area contributed by atoms with Gasteiger partial charge in [-0.25, -0.2) is 0 Å². The van der Waals surface area contributed by atoms with Gasteiger partial charge < -0.3 is 20.7 Å². The summed E-state index contributed by atoms with van der Waals surface area (Å²) < 4.78 is 5.73. The summed E-state index contributed by atoms with van der Waals surface area (Å²) in [6, 6.07) is 0.0403. The number of amides is 1. The molecule has 1 aliphatic carbocycles. The molecule has 0 bridgehead atoms. The first-order valence-corrected chi connectivity index (χ1v) is 6.99. The van der Waals surface area contributed by atoms with Crippen molar-refractivity contribution in [2.75, 3.05) is 13.7 Å². The van der Waals surface area contributed by atoms with Gasteiger partial charge in [-0.05, 0) is 26.3 Å². The van der Waals surface area contributed by atoms with Gasteiger partial charge >= 0.3 is 0 Å². The van der Waals surface area contributed by atoms with Crippen LogP contribution in [0.5, 0.6) is 0 Å². The number of ether oxygens (including phenoxy) is 1. The molecule has 0 radical (unpaired) electrons. The maximum Gasteiger partial charge on any atom is 0.291 e. The summed E-state index contributed by atoms with van der Waals surface area (Å²) in [5, 5.41) is 3.48. The number of nitrogens with one attached hydrogen (secondary N) is 1. The number of likely N-dealkylation sites (N-methyl/N-ethyl adjacent to an activating group) is 1. The van der Waals surface area contributed by atoms with Crippen LogP contribution in [0.4, 0.5) is 0 Å². The number of allylic oxidation sites excluding steroid dienone is 1. The van der Waals surface area contributed by atoms with Gasteiger partial charge in [0.05, 0.1) is 18.3 Å². The number of rotatable bonds is 0. The third-order valence-electron chi connectivity index (χ3n) is 4.19. The summed E-state index contributed by atoms with van der Waals surface area (Å²) >= 11 is 0. The van der Waals surface area contributed by atoms with Gasteiger partial charge in [0.2, 0.25) is 5.76 Å². The maximum absolute atomic E-state index is 12.5. The molecule has 0 fully saturated rings. The topological polar surface area (TPSA) is 67.6 Å². The molecule has 3 rings (SSSR count). The molecule has 3 aliphatic rings. The van der Waals surface area contributed by atoms with Gasteiger partial charge in [-0.3, -0.25) is 4.79 Å². The first-order chi connectivity index (χ1) is 9.39. The van der Waals surface area contributed by atoms with Crippen molar-refractivity contribution in [2.24, 2.45) is 5.73 Å². The van der Waals surface area contributed by atoms with Crippen molar-refractivity contribution >= 4 is 5.91 Å². The standard InChI is InChI=1S/C15H21N3O2/c1-15(2)6-7-20-13-12(17-15)10-8-9(16)4-5-11(10)18(3)14(13)19/h4,8,11,17H,5-7,16H2,1-3H3. The molecule has 20 heavy (non-hydrogen) atoms. The molecule has 1 atom stereocenters. The van der Waals surface area contributed by atoms with Crippen LogP contribution in [-0.4, -0.2) is 36.0 Å². The molecular formula is C15H21N3O2. The van der Waals surface area contributed by atoms with Gasteiger partial charge in [-0.1, -0.05) is 6.08 Å². The molecule has 0 aromatic carbocycles. The fourth-order valence-corrected chi connectivity index (χ4v) is 2.93. The van der Waals surface area contributed by atoms with Crippen LogP contribution in [0.15, 0.2) is 34.9 Å². The Morgan fingerprint density at radius 2 is 2.25 bits per heavy atom. The number of hydrogen-bond donors (Lipinski definition) is 2. The fourth-order valence-electron chi connectivity index (χ4n) is 2.93. The first-order valence-electron chi connectivity index (χ1n) is 6.99. The van der Waals surface area contributed by atoms with Gasteiger partial charge in [0.1, 0.15) is 0 Å². The van der Waals surface area contributed by atoms with Crippen LogP contribution in [0.25, 0.3) is 0 Å². The Bertz CT molecular complexity index is 557. The summed E-state index contributed by atoms with van der Waals surface area (Å²) in [5.74, 6) is 0.372. The Morgan fingerprint density at radius 3 is 3.00 bits per heavy atom. The highest BCUT2D eigenvalue weighted by Crippen LogP contribution is 2.35. The van der Waals surface area contributed by atoms with Crippen LogP contribution in [0, 0.1) is 0 Å². The molecule has 0 saturated carbocycles. The lowest BCUT2D eigenvalue weighted by molar-refractivity contribution is -0.131. The Kier molecular flexibility index (Phi) is 2.81. The Balaban J connectivity index is 2.13. The van der Waals surface area contributed by atoms with Crippen molar-refractivity contribution in [2.45, 2.75) is 38.3 Å². The van der Waals surface area contributed by atoms with Crippen LogP contribution in [0.3, 0.4) is 0 Å². The van der Waals surface area contributed by atoms with E-state index < -0.39 is 0 Å². The van der Waals surface area contributed by atoms with Gasteiger partial charge in [0.15, 0.2) is 0 Å². The normalized spacial score (nSPS) is 28.4. The van der Waals surface area contributed by atoms with E-state index >= 15 is 0 Å². The highest BCUT2D eigenvalue weighted by atomic mass is 16.5. The van der Waals surface area contributed by atoms with Gasteiger partial charge in [0.25, 0.3) is 5.91 Å². The predicted octanol–water partition coefficient (Wildman–Crippen LogP) is 1.000. The fraction of sp³-hybridized carbons (Fsp3) is 0.533. The number of carbonyl (C=O) groups excluding carboxylic acids is 1. The van der Waals surface area contributed by atoms with Gasteiger partial charge in [-0.2, -0.15) is 0 Å². The number of nitrogens with two attached hydrogens (primary N) is 1. The van der Waals surface area contributed by atoms with Crippen molar-refractivity contribution in [3.8, 4) is 0 Å². The summed E-state index contributed by atoms with van der Waals surface area (Å²) in [6.45, 7) is 4.78. The molecule has 1 unspecified atom stereocenters. The minimum Gasteiger partial charge on any atom is -0.486 e. The van der Waals surface area contributed by atoms with Crippen molar-refractivity contribution < 1.29 is 9.53 Å². The molecule has 0 spiro atoms. The Morgan fingerprint density at radius 1 is 1.50 bits per heavy atom. The molecule has 5 nitrogen and oxygen atoms in total. The van der Waals surface area contributed by atoms with Crippen LogP contribution in [0.2, 0.25) is 0 Å². The first kappa shape index (κ1) is 13.1. The van der Waals surface area contributed by atoms with Crippen molar-refractivity contribution in [1.29, 1.82) is 0 Å². The van der Waals surface area contributed by atoms with Crippen molar-refractivity contribution in [3.63, 3.8) is 0 Å². The van der Waals surface area contributed by atoms with Crippen LogP contribution in [0.1, 0.15) is 26.7 Å². The molecule has 108 valence electrons. The highest BCUT2D eigenvalue weighted by Gasteiger charge is 2.40. The van der Waals surface area contributed by atoms with Crippen LogP contribution < -0.4 is 11.1 Å². The molecule has 1 amide bonds. The monoisotopic (exact) mass is 275 g/mol. The summed E-state index contributed by atoms with van der Waals surface area (Å²) in [5.41, 5.74) is 8.45. The largest absolute Gasteiger partial charge is 0.486 e. The zero-order chi connectivity index (χ0) is 14.5. The van der Waals surface area contributed by atoms with E-state index in [0.717, 1.165) is 29.8 Å². The molecule has 0 aromatic rings. The lowest BCUT2D eigenvalue weighted by atomic mass is 9.88. The second-order valence-electron chi connectivity index (χ2n) is 6.28. The van der Waals surface area contributed by atoms with Crippen molar-refractivity contribution in [1.82, 2.24) is 10.2 Å². The predicted molar refractivity (Wildman–Crippen MR) is 76.3 cm³/mol. The average molecular weight is 275 g/mol. The second kappa shape index (κ2) is 4.30. The van der Waals surface area contributed by atoms with Crippen molar-refractivity contribution in [3.05, 3.63) is 34.9 Å². The molecular weight excluding hydrogens is 254 g/mol. The minimum atomic E-state index is -0.103. The Labute approximate surface area is 119 Å². The smallest absolute Gasteiger partial charge is 0.291 e. The second-order valence-corrected chi connectivity index (χ2v) is 6.28. The highest BCUT2D eigenvalue weighted by molar-refractivity contribution is 5.95. The zero-order valence-electron chi connectivity index (χ0n) is 12.2. The van der Waals surface area contributed by atoms with E-state index in [4.69, 9.17) is 10.5 Å². The number of nitrogens with zero attached hydrogens (tertiary/aromatic N) is 1. The number of hydrogen-bond acceptors (Lipinski definition) is 4. The van der Waals surface area contributed by atoms with E-state index in [0.29, 0.717) is 12.4 Å². The SMILES string of the molecule is CN1C(=O)C2=C(NC(C)(C)CCO2)C2=CC(N)=CCC21. The molecule has 5 heteroatoms. The minimum absolute atomic E-state index is 0.0403. The maximum atomic E-state index is 12.5. The third kappa shape index (κ3) is 1.97. The van der Waals surface area contributed by atoms with E-state index in [-0.39, 0.29) is 17.5 Å². The molecule has 3 N–H and O–H groups in total. The zero-order valence-corrected chi connectivity index (χ0v) is 12.2. The molecule has 2 aliphatic heterocycles. The lowest BCUT2D eigenvalue weighted by Gasteiger charge is -2.39. The van der Waals surface area contributed by atoms with E-state index in [1.54, 1.807) is 4.90 Å². The van der Waals surface area contributed by atoms with Crippen LogP contribution >= 0.6 is 0 Å². The number of fused-ring (bicyclic) bond motifs is 2. The average Bonchev–Trinajstić information content (AvgIpc) is 2.54. The van der Waals surface area contributed by atoms with E-state index in [9.17, 15) is 4.79 Å². The summed E-state index contributed by atoms with van der Waals surface area (Å²) in [7, 11) is 1.82. The molecule has 0 saturated heterocycles. The third-order valence-corrected chi connectivity index (χ3v) is 4.19. The van der Waals surface area contributed by atoms with Gasteiger partial charge in [0, 0.05) is 30.3 Å². The molecule has 0 aromatic heterocycles.